The van der Waals surface area contributed by atoms with Crippen molar-refractivity contribution in [2.45, 2.75) is 6.42 Å². The van der Waals surface area contributed by atoms with Crippen LogP contribution in [-0.2, 0) is 6.42 Å². The third-order valence-corrected chi connectivity index (χ3v) is 4.86. The fourth-order valence-electron chi connectivity index (χ4n) is 3.43. The van der Waals surface area contributed by atoms with Crippen LogP contribution in [0.15, 0.2) is 47.3 Å². The number of halogens is 1. The second-order valence-corrected chi connectivity index (χ2v) is 6.80. The highest BCUT2D eigenvalue weighted by molar-refractivity contribution is 6.05. The number of benzene rings is 2. The molecule has 0 saturated heterocycles. The maximum absolute atomic E-state index is 13.4. The van der Waals surface area contributed by atoms with E-state index >= 15 is 0 Å². The summed E-state index contributed by atoms with van der Waals surface area (Å²) in [6.45, 7) is 0.877. The SMILES string of the molecule is COc1ccc2c(c1)OC[C@@H](CNC(=O)c1cc(=O)[nH]c3cc(F)ccc13)C2. The van der Waals surface area contributed by atoms with Gasteiger partial charge in [0.25, 0.3) is 5.91 Å². The molecule has 0 fully saturated rings. The number of carbonyl (C=O) groups excluding carboxylic acids is 1. The van der Waals surface area contributed by atoms with Gasteiger partial charge in [-0.3, -0.25) is 9.59 Å². The molecule has 0 aliphatic carbocycles. The summed E-state index contributed by atoms with van der Waals surface area (Å²) in [5.41, 5.74) is 1.12. The number of ether oxygens (including phenoxy) is 2. The van der Waals surface area contributed by atoms with Crippen LogP contribution in [0.5, 0.6) is 11.5 Å². The van der Waals surface area contributed by atoms with Crippen LogP contribution in [0.2, 0.25) is 0 Å². The molecule has 7 heteroatoms. The van der Waals surface area contributed by atoms with Gasteiger partial charge in [-0.25, -0.2) is 4.39 Å². The summed E-state index contributed by atoms with van der Waals surface area (Å²) in [5, 5.41) is 3.36. The van der Waals surface area contributed by atoms with Gasteiger partial charge >= 0.3 is 0 Å². The zero-order valence-corrected chi connectivity index (χ0v) is 15.3. The molecule has 2 N–H and O–H groups in total. The molecule has 0 unspecified atom stereocenters. The largest absolute Gasteiger partial charge is 0.497 e. The molecule has 1 aromatic heterocycles. The molecular formula is C21H19FN2O4. The summed E-state index contributed by atoms with van der Waals surface area (Å²) in [7, 11) is 1.61. The van der Waals surface area contributed by atoms with Crippen molar-refractivity contribution < 1.29 is 18.7 Å². The predicted molar refractivity (Wildman–Crippen MR) is 103 cm³/mol. The highest BCUT2D eigenvalue weighted by Crippen LogP contribution is 2.30. The normalized spacial score (nSPS) is 15.6. The van der Waals surface area contributed by atoms with Gasteiger partial charge in [0.05, 0.1) is 24.8 Å². The van der Waals surface area contributed by atoms with E-state index in [1.165, 1.54) is 24.3 Å². The van der Waals surface area contributed by atoms with Gasteiger partial charge in [-0.1, -0.05) is 6.07 Å². The van der Waals surface area contributed by atoms with E-state index in [9.17, 15) is 14.0 Å². The first-order valence-electron chi connectivity index (χ1n) is 8.94. The summed E-state index contributed by atoms with van der Waals surface area (Å²) in [6.07, 6.45) is 0.765. The number of aromatic nitrogens is 1. The summed E-state index contributed by atoms with van der Waals surface area (Å²) in [6, 6.07) is 10.9. The molecule has 28 heavy (non-hydrogen) atoms. The van der Waals surface area contributed by atoms with Crippen molar-refractivity contribution in [3.63, 3.8) is 0 Å². The van der Waals surface area contributed by atoms with Crippen molar-refractivity contribution in [1.82, 2.24) is 10.3 Å². The molecule has 0 spiro atoms. The average molecular weight is 382 g/mol. The molecule has 1 aliphatic rings. The molecule has 1 atom stereocenters. The second kappa shape index (κ2) is 7.34. The number of H-pyrrole nitrogens is 1. The number of methoxy groups -OCH3 is 1. The fraction of sp³-hybridized carbons (Fsp3) is 0.238. The molecular weight excluding hydrogens is 363 g/mol. The molecule has 1 amide bonds. The monoisotopic (exact) mass is 382 g/mol. The molecule has 3 aromatic rings. The van der Waals surface area contributed by atoms with E-state index in [1.54, 1.807) is 7.11 Å². The number of pyridine rings is 1. The molecule has 144 valence electrons. The second-order valence-electron chi connectivity index (χ2n) is 6.80. The van der Waals surface area contributed by atoms with E-state index in [-0.39, 0.29) is 17.4 Å². The molecule has 1 aliphatic heterocycles. The Morgan fingerprint density at radius 3 is 2.96 bits per heavy atom. The number of amides is 1. The summed E-state index contributed by atoms with van der Waals surface area (Å²) in [4.78, 5) is 27.0. The van der Waals surface area contributed by atoms with E-state index in [1.807, 2.05) is 18.2 Å². The molecule has 4 rings (SSSR count). The fourth-order valence-corrected chi connectivity index (χ4v) is 3.43. The summed E-state index contributed by atoms with van der Waals surface area (Å²) >= 11 is 0. The average Bonchev–Trinajstić information content (AvgIpc) is 2.70. The molecule has 0 bridgehead atoms. The first-order valence-corrected chi connectivity index (χ1v) is 8.94. The number of hydrogen-bond acceptors (Lipinski definition) is 4. The third-order valence-electron chi connectivity index (χ3n) is 4.86. The minimum atomic E-state index is -0.477. The first kappa shape index (κ1) is 18.0. The Morgan fingerprint density at radius 1 is 1.29 bits per heavy atom. The van der Waals surface area contributed by atoms with Crippen molar-refractivity contribution in [3.05, 3.63) is 69.8 Å². The van der Waals surface area contributed by atoms with E-state index in [0.717, 1.165) is 23.5 Å². The van der Waals surface area contributed by atoms with Gasteiger partial charge in [0.15, 0.2) is 0 Å². The quantitative estimate of drug-likeness (QED) is 0.727. The summed E-state index contributed by atoms with van der Waals surface area (Å²) in [5.74, 6) is 0.793. The van der Waals surface area contributed by atoms with Crippen LogP contribution in [-0.4, -0.2) is 31.2 Å². The van der Waals surface area contributed by atoms with Crippen LogP contribution in [0.3, 0.4) is 0 Å². The zero-order chi connectivity index (χ0) is 19.7. The van der Waals surface area contributed by atoms with Gasteiger partial charge in [0.2, 0.25) is 5.56 Å². The highest BCUT2D eigenvalue weighted by atomic mass is 19.1. The number of hydrogen-bond donors (Lipinski definition) is 2. The predicted octanol–water partition coefficient (Wildman–Crippen LogP) is 2.66. The standard InChI is InChI=1S/C21H19FN2O4/c1-27-15-4-2-13-6-12(11-28-19(13)8-15)10-23-21(26)17-9-20(25)24-18-7-14(22)3-5-16(17)18/h2-5,7-9,12H,6,10-11H2,1H3,(H,23,26)(H,24,25)/t12-/m1/s1. The van der Waals surface area contributed by atoms with Crippen LogP contribution in [0.4, 0.5) is 4.39 Å². The number of aromatic amines is 1. The Bertz CT molecular complexity index is 1110. The Kier molecular flexibility index (Phi) is 4.73. The number of rotatable bonds is 4. The lowest BCUT2D eigenvalue weighted by atomic mass is 9.96. The van der Waals surface area contributed by atoms with Gasteiger partial charge in [0, 0.05) is 30.0 Å². The lowest BCUT2D eigenvalue weighted by Crippen LogP contribution is -2.35. The van der Waals surface area contributed by atoms with Gasteiger partial charge in [0.1, 0.15) is 17.3 Å². The summed E-state index contributed by atoms with van der Waals surface area (Å²) < 4.78 is 24.4. The smallest absolute Gasteiger partial charge is 0.252 e. The van der Waals surface area contributed by atoms with Crippen molar-refractivity contribution >= 4 is 16.8 Å². The van der Waals surface area contributed by atoms with Crippen LogP contribution in [0, 0.1) is 11.7 Å². The highest BCUT2D eigenvalue weighted by Gasteiger charge is 2.22. The third kappa shape index (κ3) is 3.55. The molecule has 2 aromatic carbocycles. The minimum Gasteiger partial charge on any atom is -0.497 e. The Balaban J connectivity index is 1.48. The molecule has 0 radical (unpaired) electrons. The van der Waals surface area contributed by atoms with Crippen LogP contribution >= 0.6 is 0 Å². The number of nitrogens with one attached hydrogen (secondary N) is 2. The molecule has 6 nitrogen and oxygen atoms in total. The van der Waals surface area contributed by atoms with Gasteiger partial charge in [-0.05, 0) is 36.2 Å². The molecule has 0 saturated carbocycles. The Hall–Kier alpha value is -3.35. The van der Waals surface area contributed by atoms with Gasteiger partial charge in [-0.2, -0.15) is 0 Å². The lowest BCUT2D eigenvalue weighted by Gasteiger charge is -2.26. The maximum atomic E-state index is 13.4. The van der Waals surface area contributed by atoms with Crippen LogP contribution in [0.25, 0.3) is 10.9 Å². The van der Waals surface area contributed by atoms with Crippen LogP contribution in [0.1, 0.15) is 15.9 Å². The van der Waals surface area contributed by atoms with Gasteiger partial charge in [-0.15, -0.1) is 0 Å². The number of carbonyl (C=O) groups is 1. The Labute approximate surface area is 160 Å². The van der Waals surface area contributed by atoms with E-state index in [2.05, 4.69) is 10.3 Å². The number of fused-ring (bicyclic) bond motifs is 2. The lowest BCUT2D eigenvalue weighted by molar-refractivity contribution is 0.0940. The maximum Gasteiger partial charge on any atom is 0.252 e. The zero-order valence-electron chi connectivity index (χ0n) is 15.3. The van der Waals surface area contributed by atoms with Crippen molar-refractivity contribution in [2.75, 3.05) is 20.3 Å². The minimum absolute atomic E-state index is 0.107. The molecule has 2 heterocycles. The van der Waals surface area contributed by atoms with E-state index < -0.39 is 11.4 Å². The van der Waals surface area contributed by atoms with Crippen molar-refractivity contribution in [1.29, 1.82) is 0 Å². The van der Waals surface area contributed by atoms with E-state index in [4.69, 9.17) is 9.47 Å². The van der Waals surface area contributed by atoms with Crippen molar-refractivity contribution in [2.24, 2.45) is 5.92 Å². The first-order chi connectivity index (χ1) is 13.5. The van der Waals surface area contributed by atoms with Crippen LogP contribution < -0.4 is 20.3 Å². The van der Waals surface area contributed by atoms with Gasteiger partial charge < -0.3 is 19.8 Å². The topological polar surface area (TPSA) is 80.4 Å². The van der Waals surface area contributed by atoms with E-state index in [0.29, 0.717) is 24.1 Å². The Morgan fingerprint density at radius 2 is 2.14 bits per heavy atom. The van der Waals surface area contributed by atoms with Crippen molar-refractivity contribution in [3.8, 4) is 11.5 Å².